The second-order valence-electron chi connectivity index (χ2n) is 5.38. The van der Waals surface area contributed by atoms with Crippen molar-refractivity contribution in [1.29, 1.82) is 0 Å². The minimum atomic E-state index is -3.82. The fourth-order valence-electron chi connectivity index (χ4n) is 2.23. The first-order valence-electron chi connectivity index (χ1n) is 7.87. The Bertz CT molecular complexity index is 1040. The van der Waals surface area contributed by atoms with Crippen molar-refractivity contribution in [2.24, 2.45) is 0 Å². The molecule has 1 heterocycles. The highest BCUT2D eigenvalue weighted by Gasteiger charge is 2.15. The van der Waals surface area contributed by atoms with Crippen molar-refractivity contribution in [3.63, 3.8) is 0 Å². The van der Waals surface area contributed by atoms with Gasteiger partial charge in [0.25, 0.3) is 15.9 Å². The van der Waals surface area contributed by atoms with E-state index in [4.69, 9.17) is 4.74 Å². The molecule has 8 nitrogen and oxygen atoms in total. The lowest BCUT2D eigenvalue weighted by atomic mass is 10.2. The quantitative estimate of drug-likeness (QED) is 0.675. The summed E-state index contributed by atoms with van der Waals surface area (Å²) in [7, 11) is -2.31. The second kappa shape index (κ2) is 7.83. The summed E-state index contributed by atoms with van der Waals surface area (Å²) in [5, 5.41) is 2.48. The first kappa shape index (κ1) is 18.3. The summed E-state index contributed by atoms with van der Waals surface area (Å²) in [5.41, 5.74) is 0.697. The molecule has 138 valence electrons. The summed E-state index contributed by atoms with van der Waals surface area (Å²) in [4.78, 5) is 19.5. The molecule has 2 N–H and O–H groups in total. The van der Waals surface area contributed by atoms with E-state index in [-0.39, 0.29) is 10.8 Å². The van der Waals surface area contributed by atoms with Crippen LogP contribution < -0.4 is 14.8 Å². The van der Waals surface area contributed by atoms with Crippen LogP contribution in [0.15, 0.2) is 72.0 Å². The molecule has 0 saturated heterocycles. The van der Waals surface area contributed by atoms with Crippen molar-refractivity contribution in [2.75, 3.05) is 11.8 Å². The normalized spacial score (nSPS) is 10.9. The van der Waals surface area contributed by atoms with Crippen molar-refractivity contribution in [3.05, 3.63) is 72.7 Å². The number of carbonyl (C=O) groups is 1. The molecule has 0 atom stereocenters. The molecule has 0 fully saturated rings. The summed E-state index contributed by atoms with van der Waals surface area (Å²) in [6.07, 6.45) is 4.46. The van der Waals surface area contributed by atoms with Gasteiger partial charge in [-0.1, -0.05) is 6.07 Å². The third-order valence-corrected chi connectivity index (χ3v) is 4.90. The van der Waals surface area contributed by atoms with Crippen LogP contribution >= 0.6 is 0 Å². The van der Waals surface area contributed by atoms with Crippen molar-refractivity contribution >= 4 is 21.6 Å². The van der Waals surface area contributed by atoms with Crippen molar-refractivity contribution in [1.82, 2.24) is 15.3 Å². The standard InChI is InChI=1S/C18H16N4O4S/c1-19-18(23)13-5-7-16(8-6-13)27(24,25)22-14-3-2-4-15(11-14)26-17-12-20-9-10-21-17/h2-12,22H,1H3,(H,19,23). The summed E-state index contributed by atoms with van der Waals surface area (Å²) >= 11 is 0. The predicted octanol–water partition coefficient (Wildman–Crippen LogP) is 2.43. The van der Waals surface area contributed by atoms with E-state index < -0.39 is 10.0 Å². The molecule has 2 aromatic carbocycles. The average Bonchev–Trinajstić information content (AvgIpc) is 2.68. The third kappa shape index (κ3) is 4.59. The van der Waals surface area contributed by atoms with Gasteiger partial charge in [0.1, 0.15) is 5.75 Å². The first-order valence-corrected chi connectivity index (χ1v) is 9.35. The molecule has 0 spiro atoms. The fraction of sp³-hybridized carbons (Fsp3) is 0.0556. The maximum absolute atomic E-state index is 12.5. The Morgan fingerprint density at radius 1 is 1.07 bits per heavy atom. The fourth-order valence-corrected chi connectivity index (χ4v) is 3.28. The molecule has 0 saturated carbocycles. The number of nitrogens with one attached hydrogen (secondary N) is 2. The zero-order valence-corrected chi connectivity index (χ0v) is 15.1. The molecule has 0 radical (unpaired) electrons. The number of sulfonamides is 1. The number of rotatable bonds is 6. The largest absolute Gasteiger partial charge is 0.437 e. The van der Waals surface area contributed by atoms with Gasteiger partial charge >= 0.3 is 0 Å². The molecule has 0 bridgehead atoms. The van der Waals surface area contributed by atoms with Gasteiger partial charge in [0.05, 0.1) is 16.8 Å². The lowest BCUT2D eigenvalue weighted by Gasteiger charge is -2.10. The maximum Gasteiger partial charge on any atom is 0.261 e. The lowest BCUT2D eigenvalue weighted by molar-refractivity contribution is 0.0963. The SMILES string of the molecule is CNC(=O)c1ccc(S(=O)(=O)Nc2cccc(Oc3cnccn3)c2)cc1. The Morgan fingerprint density at radius 2 is 1.85 bits per heavy atom. The van der Waals surface area contributed by atoms with Gasteiger partial charge in [0.15, 0.2) is 0 Å². The number of ether oxygens (including phenoxy) is 1. The number of benzene rings is 2. The highest BCUT2D eigenvalue weighted by molar-refractivity contribution is 7.92. The molecule has 1 amide bonds. The highest BCUT2D eigenvalue weighted by Crippen LogP contribution is 2.24. The van der Waals surface area contributed by atoms with Crippen LogP contribution in [0, 0.1) is 0 Å². The zero-order valence-electron chi connectivity index (χ0n) is 14.3. The molecule has 9 heteroatoms. The minimum Gasteiger partial charge on any atom is -0.437 e. The lowest BCUT2D eigenvalue weighted by Crippen LogP contribution is -2.18. The molecule has 0 aliphatic carbocycles. The van der Waals surface area contributed by atoms with Crippen LogP contribution in [0.25, 0.3) is 0 Å². The molecule has 3 aromatic rings. The Kier molecular flexibility index (Phi) is 5.32. The maximum atomic E-state index is 12.5. The van der Waals surface area contributed by atoms with E-state index in [0.717, 1.165) is 0 Å². The number of hydrogen-bond acceptors (Lipinski definition) is 6. The topological polar surface area (TPSA) is 110 Å². The van der Waals surface area contributed by atoms with Crippen molar-refractivity contribution < 1.29 is 17.9 Å². The Labute approximate surface area is 156 Å². The average molecular weight is 384 g/mol. The molecular weight excluding hydrogens is 368 g/mol. The Morgan fingerprint density at radius 3 is 2.52 bits per heavy atom. The van der Waals surface area contributed by atoms with Gasteiger partial charge in [0.2, 0.25) is 5.88 Å². The van der Waals surface area contributed by atoms with Crippen LogP contribution in [0.3, 0.4) is 0 Å². The van der Waals surface area contributed by atoms with Gasteiger partial charge in [-0.05, 0) is 36.4 Å². The van der Waals surface area contributed by atoms with E-state index in [1.165, 1.54) is 56.0 Å². The number of carbonyl (C=O) groups excluding carboxylic acids is 1. The first-order chi connectivity index (χ1) is 13.0. The second-order valence-corrected chi connectivity index (χ2v) is 7.06. The number of hydrogen-bond donors (Lipinski definition) is 2. The van der Waals surface area contributed by atoms with Crippen LogP contribution in [-0.2, 0) is 10.0 Å². The molecule has 0 aliphatic heterocycles. The summed E-state index contributed by atoms with van der Waals surface area (Å²) < 4.78 is 33.1. The van der Waals surface area contributed by atoms with Crippen LogP contribution in [0.4, 0.5) is 5.69 Å². The molecule has 0 aliphatic rings. The number of amides is 1. The molecular formula is C18H16N4O4S. The number of anilines is 1. The zero-order chi connectivity index (χ0) is 19.3. The van der Waals surface area contributed by atoms with E-state index in [9.17, 15) is 13.2 Å². The van der Waals surface area contributed by atoms with E-state index in [0.29, 0.717) is 22.9 Å². The van der Waals surface area contributed by atoms with E-state index in [1.807, 2.05) is 0 Å². The molecule has 3 rings (SSSR count). The third-order valence-electron chi connectivity index (χ3n) is 3.50. The summed E-state index contributed by atoms with van der Waals surface area (Å²) in [5.74, 6) is 0.411. The van der Waals surface area contributed by atoms with Gasteiger partial charge in [-0.3, -0.25) is 14.5 Å². The van der Waals surface area contributed by atoms with Crippen LogP contribution in [0.5, 0.6) is 11.6 Å². The van der Waals surface area contributed by atoms with Crippen LogP contribution in [0.1, 0.15) is 10.4 Å². The van der Waals surface area contributed by atoms with Crippen LogP contribution in [-0.4, -0.2) is 31.3 Å². The van der Waals surface area contributed by atoms with Gasteiger partial charge < -0.3 is 10.1 Å². The number of nitrogens with zero attached hydrogens (tertiary/aromatic N) is 2. The molecule has 1 aromatic heterocycles. The van der Waals surface area contributed by atoms with Gasteiger partial charge in [-0.25, -0.2) is 13.4 Å². The smallest absolute Gasteiger partial charge is 0.261 e. The van der Waals surface area contributed by atoms with Gasteiger partial charge in [-0.15, -0.1) is 0 Å². The Hall–Kier alpha value is -3.46. The van der Waals surface area contributed by atoms with Gasteiger partial charge in [0, 0.05) is 31.1 Å². The van der Waals surface area contributed by atoms with Crippen molar-refractivity contribution in [2.45, 2.75) is 4.90 Å². The molecule has 27 heavy (non-hydrogen) atoms. The van der Waals surface area contributed by atoms with E-state index >= 15 is 0 Å². The number of aromatic nitrogens is 2. The van der Waals surface area contributed by atoms with Crippen molar-refractivity contribution in [3.8, 4) is 11.6 Å². The highest BCUT2D eigenvalue weighted by atomic mass is 32.2. The van der Waals surface area contributed by atoms with Gasteiger partial charge in [-0.2, -0.15) is 0 Å². The Balaban J connectivity index is 1.77. The molecule has 0 unspecified atom stereocenters. The summed E-state index contributed by atoms with van der Waals surface area (Å²) in [6, 6.07) is 12.1. The monoisotopic (exact) mass is 384 g/mol. The van der Waals surface area contributed by atoms with E-state index in [2.05, 4.69) is 20.0 Å². The summed E-state index contributed by atoms with van der Waals surface area (Å²) in [6.45, 7) is 0. The minimum absolute atomic E-state index is 0.0374. The van der Waals surface area contributed by atoms with Crippen LogP contribution in [0.2, 0.25) is 0 Å². The van der Waals surface area contributed by atoms with E-state index in [1.54, 1.807) is 18.2 Å². The predicted molar refractivity (Wildman–Crippen MR) is 99.2 cm³/mol.